The van der Waals surface area contributed by atoms with Gasteiger partial charge in [0.1, 0.15) is 4.83 Å². The first-order valence-corrected chi connectivity index (χ1v) is 6.18. The average Bonchev–Trinajstić information content (AvgIpc) is 2.53. The standard InChI is InChI=1S/C11H12N2O4S/c1-5-6(2)18-9-8(5)10(16)13(11(17)12-9)4-3-7(14)15/h3-4H2,1-2H3,(H,12,17)(H,14,15). The van der Waals surface area contributed by atoms with Crippen LogP contribution in [0.3, 0.4) is 0 Å². The lowest BCUT2D eigenvalue weighted by molar-refractivity contribution is -0.137. The van der Waals surface area contributed by atoms with Gasteiger partial charge < -0.3 is 5.11 Å². The minimum absolute atomic E-state index is 0.117. The van der Waals surface area contributed by atoms with Gasteiger partial charge in [0.05, 0.1) is 11.8 Å². The summed E-state index contributed by atoms with van der Waals surface area (Å²) in [4.78, 5) is 38.5. The van der Waals surface area contributed by atoms with Gasteiger partial charge in [0.15, 0.2) is 0 Å². The SMILES string of the molecule is Cc1sc2[nH]c(=O)n(CCC(=O)O)c(=O)c2c1C. The molecule has 96 valence electrons. The van der Waals surface area contributed by atoms with E-state index in [0.717, 1.165) is 15.0 Å². The third-order valence-corrected chi connectivity index (χ3v) is 3.98. The predicted molar refractivity (Wildman–Crippen MR) is 68.4 cm³/mol. The Bertz CT molecular complexity index is 738. The Morgan fingerprint density at radius 2 is 2.06 bits per heavy atom. The number of hydrogen-bond acceptors (Lipinski definition) is 4. The topological polar surface area (TPSA) is 92.2 Å². The smallest absolute Gasteiger partial charge is 0.329 e. The molecular weight excluding hydrogens is 256 g/mol. The predicted octanol–water partition coefficient (Wildman–Crippen LogP) is 0.843. The highest BCUT2D eigenvalue weighted by molar-refractivity contribution is 7.18. The summed E-state index contributed by atoms with van der Waals surface area (Å²) < 4.78 is 0.940. The molecule has 2 rings (SSSR count). The second-order valence-corrected chi connectivity index (χ2v) is 5.24. The number of aromatic amines is 1. The van der Waals surface area contributed by atoms with Gasteiger partial charge in [-0.25, -0.2) is 4.79 Å². The fraction of sp³-hybridized carbons (Fsp3) is 0.364. The lowest BCUT2D eigenvalue weighted by Gasteiger charge is -2.02. The second-order valence-electron chi connectivity index (χ2n) is 4.02. The highest BCUT2D eigenvalue weighted by Gasteiger charge is 2.14. The number of carboxylic acids is 1. The molecule has 2 aromatic heterocycles. The van der Waals surface area contributed by atoms with Gasteiger partial charge in [-0.2, -0.15) is 0 Å². The van der Waals surface area contributed by atoms with Crippen LogP contribution in [0.5, 0.6) is 0 Å². The molecule has 0 aliphatic rings. The summed E-state index contributed by atoms with van der Waals surface area (Å²) in [6.45, 7) is 3.57. The van der Waals surface area contributed by atoms with E-state index >= 15 is 0 Å². The Balaban J connectivity index is 2.68. The summed E-state index contributed by atoms with van der Waals surface area (Å²) >= 11 is 1.35. The molecule has 0 saturated carbocycles. The largest absolute Gasteiger partial charge is 0.481 e. The summed E-state index contributed by atoms with van der Waals surface area (Å²) in [6.07, 6.45) is -0.253. The molecule has 2 heterocycles. The van der Waals surface area contributed by atoms with Crippen molar-refractivity contribution in [2.24, 2.45) is 0 Å². The minimum Gasteiger partial charge on any atom is -0.481 e. The highest BCUT2D eigenvalue weighted by atomic mass is 32.1. The van der Waals surface area contributed by atoms with Crippen LogP contribution in [0.2, 0.25) is 0 Å². The number of aromatic nitrogens is 2. The molecule has 0 aliphatic heterocycles. The Morgan fingerprint density at radius 3 is 2.67 bits per heavy atom. The van der Waals surface area contributed by atoms with Crippen LogP contribution >= 0.6 is 11.3 Å². The number of nitrogens with zero attached hydrogens (tertiary/aromatic N) is 1. The average molecular weight is 268 g/mol. The van der Waals surface area contributed by atoms with Crippen LogP contribution in [0, 0.1) is 13.8 Å². The van der Waals surface area contributed by atoms with E-state index in [1.807, 2.05) is 13.8 Å². The maximum atomic E-state index is 12.2. The molecule has 2 N–H and O–H groups in total. The number of H-pyrrole nitrogens is 1. The van der Waals surface area contributed by atoms with E-state index in [1.54, 1.807) is 0 Å². The van der Waals surface area contributed by atoms with Crippen molar-refractivity contribution in [2.45, 2.75) is 26.8 Å². The van der Waals surface area contributed by atoms with Crippen LogP contribution in [0.15, 0.2) is 9.59 Å². The fourth-order valence-electron chi connectivity index (χ4n) is 1.77. The minimum atomic E-state index is -1.04. The first-order chi connectivity index (χ1) is 8.41. The Hall–Kier alpha value is -1.89. The normalized spacial score (nSPS) is 11.0. The van der Waals surface area contributed by atoms with Crippen molar-refractivity contribution >= 4 is 27.5 Å². The summed E-state index contributed by atoms with van der Waals surface area (Å²) in [5.74, 6) is -1.04. The number of thiophene rings is 1. The molecule has 0 aliphatic carbocycles. The van der Waals surface area contributed by atoms with Gasteiger partial charge in [-0.1, -0.05) is 0 Å². The zero-order valence-corrected chi connectivity index (χ0v) is 10.8. The monoisotopic (exact) mass is 268 g/mol. The Labute approximate surface area is 106 Å². The van der Waals surface area contributed by atoms with Crippen molar-refractivity contribution in [1.29, 1.82) is 0 Å². The lowest BCUT2D eigenvalue weighted by atomic mass is 10.2. The molecule has 0 saturated heterocycles. The molecule has 0 bridgehead atoms. The molecular formula is C11H12N2O4S. The summed E-state index contributed by atoms with van der Waals surface area (Å²) in [5, 5.41) is 9.08. The summed E-state index contributed by atoms with van der Waals surface area (Å²) in [5.41, 5.74) is -0.146. The number of aryl methyl sites for hydroxylation is 2. The number of rotatable bonds is 3. The van der Waals surface area contributed by atoms with E-state index in [2.05, 4.69) is 4.98 Å². The van der Waals surface area contributed by atoms with Crippen LogP contribution in [-0.4, -0.2) is 20.6 Å². The van der Waals surface area contributed by atoms with E-state index in [0.29, 0.717) is 10.2 Å². The van der Waals surface area contributed by atoms with Crippen molar-refractivity contribution in [1.82, 2.24) is 9.55 Å². The number of carboxylic acid groups (broad SMARTS) is 1. The van der Waals surface area contributed by atoms with Gasteiger partial charge in [0, 0.05) is 11.4 Å². The van der Waals surface area contributed by atoms with Gasteiger partial charge in [-0.3, -0.25) is 19.1 Å². The molecule has 18 heavy (non-hydrogen) atoms. The van der Waals surface area contributed by atoms with Gasteiger partial charge in [0.2, 0.25) is 0 Å². The zero-order valence-electron chi connectivity index (χ0n) is 9.94. The summed E-state index contributed by atoms with van der Waals surface area (Å²) in [6, 6.07) is 0. The zero-order chi connectivity index (χ0) is 13.4. The van der Waals surface area contributed by atoms with Crippen molar-refractivity contribution in [3.8, 4) is 0 Å². The quantitative estimate of drug-likeness (QED) is 0.863. The van der Waals surface area contributed by atoms with Crippen LogP contribution < -0.4 is 11.2 Å². The Morgan fingerprint density at radius 1 is 1.39 bits per heavy atom. The number of fused-ring (bicyclic) bond motifs is 1. The third-order valence-electron chi connectivity index (χ3n) is 2.86. The second kappa shape index (κ2) is 4.41. The molecule has 0 atom stereocenters. The molecule has 0 unspecified atom stereocenters. The number of carbonyl (C=O) groups is 1. The van der Waals surface area contributed by atoms with E-state index in [4.69, 9.17) is 5.11 Å². The molecule has 6 nitrogen and oxygen atoms in total. The molecule has 0 spiro atoms. The van der Waals surface area contributed by atoms with Crippen molar-refractivity contribution in [3.05, 3.63) is 31.3 Å². The van der Waals surface area contributed by atoms with Crippen molar-refractivity contribution in [2.75, 3.05) is 0 Å². The number of hydrogen-bond donors (Lipinski definition) is 2. The van der Waals surface area contributed by atoms with E-state index < -0.39 is 17.2 Å². The van der Waals surface area contributed by atoms with Crippen LogP contribution in [0.1, 0.15) is 16.9 Å². The number of aliphatic carboxylic acids is 1. The van der Waals surface area contributed by atoms with Crippen LogP contribution in [0.4, 0.5) is 0 Å². The molecule has 0 aromatic carbocycles. The maximum absolute atomic E-state index is 12.2. The number of nitrogens with one attached hydrogen (secondary N) is 1. The van der Waals surface area contributed by atoms with E-state index in [-0.39, 0.29) is 13.0 Å². The maximum Gasteiger partial charge on any atom is 0.329 e. The summed E-state index contributed by atoms with van der Waals surface area (Å²) in [7, 11) is 0. The molecule has 7 heteroatoms. The Kier molecular flexibility index (Phi) is 3.08. The highest BCUT2D eigenvalue weighted by Crippen LogP contribution is 2.24. The lowest BCUT2D eigenvalue weighted by Crippen LogP contribution is -2.35. The third kappa shape index (κ3) is 1.97. The first-order valence-electron chi connectivity index (χ1n) is 5.36. The van der Waals surface area contributed by atoms with Crippen LogP contribution in [0.25, 0.3) is 10.2 Å². The van der Waals surface area contributed by atoms with Gasteiger partial charge in [0.25, 0.3) is 5.56 Å². The first kappa shape index (κ1) is 12.6. The fourth-order valence-corrected chi connectivity index (χ4v) is 2.82. The molecule has 2 aromatic rings. The van der Waals surface area contributed by atoms with Crippen LogP contribution in [-0.2, 0) is 11.3 Å². The molecule has 0 fully saturated rings. The van der Waals surface area contributed by atoms with Gasteiger partial charge in [-0.15, -0.1) is 11.3 Å². The van der Waals surface area contributed by atoms with Gasteiger partial charge >= 0.3 is 11.7 Å². The van der Waals surface area contributed by atoms with Gasteiger partial charge in [-0.05, 0) is 19.4 Å². The molecule has 0 radical (unpaired) electrons. The van der Waals surface area contributed by atoms with Crippen molar-refractivity contribution in [3.63, 3.8) is 0 Å². The van der Waals surface area contributed by atoms with E-state index in [9.17, 15) is 14.4 Å². The van der Waals surface area contributed by atoms with Crippen molar-refractivity contribution < 1.29 is 9.90 Å². The molecule has 0 amide bonds. The van der Waals surface area contributed by atoms with E-state index in [1.165, 1.54) is 11.3 Å².